The Kier molecular flexibility index (Phi) is 6.91. The fourth-order valence-electron chi connectivity index (χ4n) is 3.35. The number of rotatable bonds is 7. The van der Waals surface area contributed by atoms with Crippen LogP contribution in [0, 0.1) is 5.92 Å². The molecule has 0 saturated carbocycles. The summed E-state index contributed by atoms with van der Waals surface area (Å²) in [4.78, 5) is 16.8. The van der Waals surface area contributed by atoms with Gasteiger partial charge in [-0.15, -0.1) is 0 Å². The molecule has 0 aromatic heterocycles. The van der Waals surface area contributed by atoms with Crippen LogP contribution in [0.3, 0.4) is 0 Å². The van der Waals surface area contributed by atoms with Gasteiger partial charge in [-0.1, -0.05) is 6.07 Å². The van der Waals surface area contributed by atoms with Gasteiger partial charge in [-0.05, 0) is 45.8 Å². The van der Waals surface area contributed by atoms with Crippen molar-refractivity contribution >= 4 is 5.91 Å². The molecule has 0 unspecified atom stereocenters. The lowest BCUT2D eigenvalue weighted by Gasteiger charge is -2.34. The van der Waals surface area contributed by atoms with Gasteiger partial charge >= 0.3 is 0 Å². The number of carbonyl (C=O) groups excluding carboxylic acids is 1. The fourth-order valence-corrected chi connectivity index (χ4v) is 3.35. The average Bonchev–Trinajstić information content (AvgIpc) is 2.63. The summed E-state index contributed by atoms with van der Waals surface area (Å²) < 4.78 is 10.7. The monoisotopic (exact) mass is 334 g/mol. The number of nitrogens with zero attached hydrogens (tertiary/aromatic N) is 2. The van der Waals surface area contributed by atoms with Gasteiger partial charge in [0.15, 0.2) is 0 Å². The summed E-state index contributed by atoms with van der Waals surface area (Å²) >= 11 is 0. The Morgan fingerprint density at radius 1 is 1.17 bits per heavy atom. The van der Waals surface area contributed by atoms with Crippen LogP contribution >= 0.6 is 0 Å². The molecule has 1 aromatic rings. The molecule has 1 heterocycles. The molecule has 0 aliphatic carbocycles. The van der Waals surface area contributed by atoms with Crippen molar-refractivity contribution in [2.75, 3.05) is 40.4 Å². The number of hydrogen-bond acceptors (Lipinski definition) is 4. The van der Waals surface area contributed by atoms with E-state index >= 15 is 0 Å². The summed E-state index contributed by atoms with van der Waals surface area (Å²) in [5, 5.41) is 0. The molecular formula is C19H30N2O3. The molecule has 0 spiro atoms. The zero-order valence-corrected chi connectivity index (χ0v) is 15.4. The van der Waals surface area contributed by atoms with Crippen LogP contribution in [-0.4, -0.2) is 56.1 Å². The maximum atomic E-state index is 12.5. The van der Waals surface area contributed by atoms with Gasteiger partial charge in [0.2, 0.25) is 5.91 Å². The molecule has 1 saturated heterocycles. The van der Waals surface area contributed by atoms with E-state index in [0.717, 1.165) is 62.6 Å². The van der Waals surface area contributed by atoms with Crippen molar-refractivity contribution in [3.8, 4) is 11.5 Å². The maximum absolute atomic E-state index is 12.5. The summed E-state index contributed by atoms with van der Waals surface area (Å²) in [6.45, 7) is 8.45. The Bertz CT molecular complexity index is 535. The molecule has 1 aliphatic rings. The van der Waals surface area contributed by atoms with Gasteiger partial charge in [-0.2, -0.15) is 0 Å². The zero-order chi connectivity index (χ0) is 17.5. The number of carbonyl (C=O) groups is 1. The van der Waals surface area contributed by atoms with E-state index in [2.05, 4.69) is 11.0 Å². The quantitative estimate of drug-likeness (QED) is 0.769. The molecule has 1 aliphatic heterocycles. The van der Waals surface area contributed by atoms with E-state index in [4.69, 9.17) is 9.47 Å². The molecule has 1 fully saturated rings. The molecule has 0 bridgehead atoms. The summed E-state index contributed by atoms with van der Waals surface area (Å²) in [6, 6.07) is 5.95. The third kappa shape index (κ3) is 4.41. The number of piperidine rings is 1. The van der Waals surface area contributed by atoms with Crippen LogP contribution in [-0.2, 0) is 11.3 Å². The fraction of sp³-hybridized carbons (Fsp3) is 0.632. The van der Waals surface area contributed by atoms with E-state index in [1.54, 1.807) is 14.2 Å². The van der Waals surface area contributed by atoms with Crippen molar-refractivity contribution in [2.45, 2.75) is 33.2 Å². The minimum absolute atomic E-state index is 0.180. The first-order chi connectivity index (χ1) is 11.6. The van der Waals surface area contributed by atoms with Crippen molar-refractivity contribution in [1.82, 2.24) is 9.80 Å². The Balaban J connectivity index is 1.92. The Morgan fingerprint density at radius 3 is 2.38 bits per heavy atom. The highest BCUT2D eigenvalue weighted by Gasteiger charge is 2.27. The maximum Gasteiger partial charge on any atom is 0.225 e. The number of ether oxygens (including phenoxy) is 2. The molecule has 24 heavy (non-hydrogen) atoms. The van der Waals surface area contributed by atoms with E-state index in [9.17, 15) is 4.79 Å². The summed E-state index contributed by atoms with van der Waals surface area (Å²) in [7, 11) is 3.35. The van der Waals surface area contributed by atoms with Crippen LogP contribution in [0.5, 0.6) is 11.5 Å². The van der Waals surface area contributed by atoms with Crippen molar-refractivity contribution in [2.24, 2.45) is 5.92 Å². The lowest BCUT2D eigenvalue weighted by molar-refractivity contribution is -0.136. The SMILES string of the molecule is CCN(CC)C(=O)C1CCN(Cc2ccc(OC)cc2OC)CC1. The van der Waals surface area contributed by atoms with Gasteiger partial charge in [0, 0.05) is 37.2 Å². The van der Waals surface area contributed by atoms with E-state index in [0.29, 0.717) is 5.91 Å². The van der Waals surface area contributed by atoms with Crippen molar-refractivity contribution in [3.05, 3.63) is 23.8 Å². The first-order valence-corrected chi connectivity index (χ1v) is 8.84. The largest absolute Gasteiger partial charge is 0.497 e. The minimum Gasteiger partial charge on any atom is -0.497 e. The highest BCUT2D eigenvalue weighted by atomic mass is 16.5. The summed E-state index contributed by atoms with van der Waals surface area (Å²) in [5.74, 6) is 2.16. The van der Waals surface area contributed by atoms with Gasteiger partial charge in [-0.25, -0.2) is 0 Å². The van der Waals surface area contributed by atoms with E-state index in [1.807, 2.05) is 30.9 Å². The van der Waals surface area contributed by atoms with Crippen LogP contribution in [0.4, 0.5) is 0 Å². The molecule has 0 N–H and O–H groups in total. The van der Waals surface area contributed by atoms with E-state index < -0.39 is 0 Å². The average molecular weight is 334 g/mol. The molecule has 5 nitrogen and oxygen atoms in total. The van der Waals surface area contributed by atoms with Gasteiger partial charge in [0.1, 0.15) is 11.5 Å². The minimum atomic E-state index is 0.180. The predicted octanol–water partition coefficient (Wildman–Crippen LogP) is 2.78. The lowest BCUT2D eigenvalue weighted by Crippen LogP contribution is -2.42. The van der Waals surface area contributed by atoms with Crippen molar-refractivity contribution < 1.29 is 14.3 Å². The lowest BCUT2D eigenvalue weighted by atomic mass is 9.95. The predicted molar refractivity (Wildman–Crippen MR) is 95.5 cm³/mol. The van der Waals surface area contributed by atoms with Gasteiger partial charge < -0.3 is 14.4 Å². The first-order valence-electron chi connectivity index (χ1n) is 8.84. The van der Waals surface area contributed by atoms with Gasteiger partial charge in [0.25, 0.3) is 0 Å². The van der Waals surface area contributed by atoms with Crippen molar-refractivity contribution in [3.63, 3.8) is 0 Å². The number of amides is 1. The van der Waals surface area contributed by atoms with Crippen LogP contribution in [0.25, 0.3) is 0 Å². The molecule has 0 atom stereocenters. The van der Waals surface area contributed by atoms with Crippen LogP contribution in [0.1, 0.15) is 32.3 Å². The molecule has 2 rings (SSSR count). The molecule has 0 radical (unpaired) electrons. The Morgan fingerprint density at radius 2 is 1.83 bits per heavy atom. The van der Waals surface area contributed by atoms with Crippen LogP contribution in [0.15, 0.2) is 18.2 Å². The van der Waals surface area contributed by atoms with Crippen molar-refractivity contribution in [1.29, 1.82) is 0 Å². The standard InChI is InChI=1S/C19H30N2O3/c1-5-21(6-2)19(22)15-9-11-20(12-10-15)14-16-7-8-17(23-3)13-18(16)24-4/h7-8,13,15H,5-6,9-12,14H2,1-4H3. The second kappa shape index (κ2) is 8.92. The number of methoxy groups -OCH3 is 2. The van der Waals surface area contributed by atoms with Crippen LogP contribution in [0.2, 0.25) is 0 Å². The number of benzene rings is 1. The molecule has 5 heteroatoms. The zero-order valence-electron chi connectivity index (χ0n) is 15.4. The summed E-state index contributed by atoms with van der Waals surface area (Å²) in [5.41, 5.74) is 1.16. The third-order valence-electron chi connectivity index (χ3n) is 4.90. The topological polar surface area (TPSA) is 42.0 Å². The first kappa shape index (κ1) is 18.6. The normalized spacial score (nSPS) is 16.0. The highest BCUT2D eigenvalue weighted by molar-refractivity contribution is 5.78. The summed E-state index contributed by atoms with van der Waals surface area (Å²) in [6.07, 6.45) is 1.88. The number of hydrogen-bond donors (Lipinski definition) is 0. The third-order valence-corrected chi connectivity index (χ3v) is 4.90. The van der Waals surface area contributed by atoms with E-state index in [1.165, 1.54) is 0 Å². The second-order valence-electron chi connectivity index (χ2n) is 6.24. The van der Waals surface area contributed by atoms with Gasteiger partial charge in [-0.3, -0.25) is 9.69 Å². The number of likely N-dealkylation sites (tertiary alicyclic amines) is 1. The molecule has 1 aromatic carbocycles. The second-order valence-corrected chi connectivity index (χ2v) is 6.24. The molecule has 134 valence electrons. The van der Waals surface area contributed by atoms with E-state index in [-0.39, 0.29) is 5.92 Å². The molecule has 1 amide bonds. The van der Waals surface area contributed by atoms with Crippen LogP contribution < -0.4 is 9.47 Å². The molecular weight excluding hydrogens is 304 g/mol. The van der Waals surface area contributed by atoms with Gasteiger partial charge in [0.05, 0.1) is 14.2 Å². The Labute approximate surface area is 145 Å². The highest BCUT2D eigenvalue weighted by Crippen LogP contribution is 2.27. The smallest absolute Gasteiger partial charge is 0.225 e. The Hall–Kier alpha value is -1.75.